The van der Waals surface area contributed by atoms with Crippen LogP contribution in [-0.2, 0) is 5.41 Å². The predicted octanol–water partition coefficient (Wildman–Crippen LogP) is 5.67. The monoisotopic (exact) mass is 484 g/mol. The van der Waals surface area contributed by atoms with Crippen LogP contribution in [0, 0.1) is 17.2 Å². The average molecular weight is 485 g/mol. The topological polar surface area (TPSA) is 82.0 Å². The summed E-state index contributed by atoms with van der Waals surface area (Å²) >= 11 is 0. The molecule has 1 N–H and O–H groups in total. The van der Waals surface area contributed by atoms with E-state index in [1.165, 1.54) is 0 Å². The number of methoxy groups -OCH3 is 5. The molecular formula is C28H40N2O5. The smallest absolute Gasteiger partial charge is 0.203 e. The number of hydrogen-bond acceptors (Lipinski definition) is 7. The fourth-order valence-corrected chi connectivity index (χ4v) is 4.62. The van der Waals surface area contributed by atoms with Crippen LogP contribution in [0.1, 0.15) is 56.7 Å². The molecule has 0 saturated heterocycles. The van der Waals surface area contributed by atoms with E-state index in [0.29, 0.717) is 17.2 Å². The van der Waals surface area contributed by atoms with Gasteiger partial charge < -0.3 is 29.0 Å². The maximum Gasteiger partial charge on any atom is 0.203 e. The molecule has 0 aliphatic carbocycles. The first-order valence-corrected chi connectivity index (χ1v) is 12.0. The van der Waals surface area contributed by atoms with Crippen LogP contribution in [0.15, 0.2) is 30.3 Å². The number of unbranched alkanes of at least 4 members (excludes halogenated alkanes) is 1. The molecule has 2 aromatic rings. The molecule has 2 unspecified atom stereocenters. The molecule has 7 heteroatoms. The van der Waals surface area contributed by atoms with Crippen molar-refractivity contribution in [2.24, 2.45) is 5.92 Å². The zero-order valence-corrected chi connectivity index (χ0v) is 22.4. The second-order valence-corrected chi connectivity index (χ2v) is 8.88. The molecular weight excluding hydrogens is 444 g/mol. The summed E-state index contributed by atoms with van der Waals surface area (Å²) in [6.07, 6.45) is 3.48. The van der Waals surface area contributed by atoms with E-state index >= 15 is 0 Å². The van der Waals surface area contributed by atoms with Crippen molar-refractivity contribution >= 4 is 0 Å². The van der Waals surface area contributed by atoms with E-state index in [4.69, 9.17) is 23.7 Å². The quantitative estimate of drug-likeness (QED) is 0.346. The summed E-state index contributed by atoms with van der Waals surface area (Å²) in [4.78, 5) is 0. The lowest BCUT2D eigenvalue weighted by molar-refractivity contribution is 0.315. The molecule has 7 nitrogen and oxygen atoms in total. The van der Waals surface area contributed by atoms with E-state index in [2.05, 4.69) is 25.2 Å². The Labute approximate surface area is 210 Å². The molecule has 0 saturated carbocycles. The van der Waals surface area contributed by atoms with Gasteiger partial charge in [0.25, 0.3) is 0 Å². The highest BCUT2D eigenvalue weighted by molar-refractivity contribution is 5.56. The molecule has 0 aliphatic heterocycles. The molecule has 0 fully saturated rings. The van der Waals surface area contributed by atoms with Crippen LogP contribution >= 0.6 is 0 Å². The largest absolute Gasteiger partial charge is 0.497 e. The fourth-order valence-electron chi connectivity index (χ4n) is 4.62. The minimum absolute atomic E-state index is 0.0954. The Balaban J connectivity index is 2.24. The van der Waals surface area contributed by atoms with Crippen LogP contribution in [0.25, 0.3) is 0 Å². The summed E-state index contributed by atoms with van der Waals surface area (Å²) in [7, 11) is 10.0. The van der Waals surface area contributed by atoms with Crippen LogP contribution in [0.3, 0.4) is 0 Å². The Morgan fingerprint density at radius 1 is 0.829 bits per heavy atom. The van der Waals surface area contributed by atoms with Crippen LogP contribution in [0.2, 0.25) is 0 Å². The Kier molecular flexibility index (Phi) is 10.5. The summed E-state index contributed by atoms with van der Waals surface area (Å²) in [6.45, 7) is 4.18. The highest BCUT2D eigenvalue weighted by Crippen LogP contribution is 2.45. The van der Waals surface area contributed by atoms with Gasteiger partial charge >= 0.3 is 0 Å². The van der Waals surface area contributed by atoms with Gasteiger partial charge in [-0.3, -0.25) is 0 Å². The Morgan fingerprint density at radius 2 is 1.40 bits per heavy atom. The van der Waals surface area contributed by atoms with Crippen molar-refractivity contribution in [2.45, 2.75) is 51.0 Å². The molecule has 2 atom stereocenters. The fraction of sp³-hybridized carbons (Fsp3) is 0.536. The third-order valence-electron chi connectivity index (χ3n) is 6.80. The molecule has 192 valence electrons. The number of benzene rings is 2. The van der Waals surface area contributed by atoms with Crippen LogP contribution in [0.5, 0.6) is 28.7 Å². The standard InChI is InChI=1S/C28H40N2O5/c1-19(2)28(18-29,21-15-25(33-6)27(35-8)26(16-21)34-7)12-10-9-11-24(30-3)20-13-22(31-4)17-23(14-20)32-5/h13-17,19,24,30H,9-12H2,1-8H3. The highest BCUT2D eigenvalue weighted by Gasteiger charge is 2.37. The maximum absolute atomic E-state index is 10.4. The van der Waals surface area contributed by atoms with Gasteiger partial charge in [0.2, 0.25) is 5.75 Å². The maximum atomic E-state index is 10.4. The minimum atomic E-state index is -0.679. The number of nitriles is 1. The lowest BCUT2D eigenvalue weighted by Gasteiger charge is -2.32. The summed E-state index contributed by atoms with van der Waals surface area (Å²) in [6, 6.07) is 12.5. The van der Waals surface area contributed by atoms with Gasteiger partial charge in [-0.1, -0.05) is 26.7 Å². The number of ether oxygens (including phenoxy) is 5. The minimum Gasteiger partial charge on any atom is -0.497 e. The normalized spacial score (nSPS) is 13.5. The highest BCUT2D eigenvalue weighted by atomic mass is 16.5. The van der Waals surface area contributed by atoms with E-state index in [1.807, 2.05) is 37.4 Å². The zero-order valence-electron chi connectivity index (χ0n) is 22.4. The Morgan fingerprint density at radius 3 is 1.80 bits per heavy atom. The number of hydrogen-bond donors (Lipinski definition) is 1. The van der Waals surface area contributed by atoms with E-state index in [-0.39, 0.29) is 12.0 Å². The van der Waals surface area contributed by atoms with E-state index in [0.717, 1.165) is 48.3 Å². The molecule has 0 radical (unpaired) electrons. The first kappa shape index (κ1) is 28.1. The molecule has 0 heterocycles. The summed E-state index contributed by atoms with van der Waals surface area (Å²) in [5.74, 6) is 3.28. The summed E-state index contributed by atoms with van der Waals surface area (Å²) < 4.78 is 27.4. The van der Waals surface area contributed by atoms with Crippen molar-refractivity contribution in [3.05, 3.63) is 41.5 Å². The van der Waals surface area contributed by atoms with Gasteiger partial charge in [-0.15, -0.1) is 0 Å². The van der Waals surface area contributed by atoms with Gasteiger partial charge in [-0.05, 0) is 61.2 Å². The molecule has 0 aliphatic rings. The van der Waals surface area contributed by atoms with E-state index in [1.54, 1.807) is 35.5 Å². The second-order valence-electron chi connectivity index (χ2n) is 8.88. The zero-order chi connectivity index (χ0) is 26.0. The van der Waals surface area contributed by atoms with Crippen molar-refractivity contribution in [3.63, 3.8) is 0 Å². The van der Waals surface area contributed by atoms with E-state index < -0.39 is 5.41 Å². The van der Waals surface area contributed by atoms with Crippen molar-refractivity contribution in [3.8, 4) is 34.8 Å². The van der Waals surface area contributed by atoms with Gasteiger partial charge in [-0.2, -0.15) is 5.26 Å². The van der Waals surface area contributed by atoms with Gasteiger partial charge in [-0.25, -0.2) is 0 Å². The van der Waals surface area contributed by atoms with Crippen LogP contribution in [-0.4, -0.2) is 42.6 Å². The van der Waals surface area contributed by atoms with Crippen LogP contribution in [0.4, 0.5) is 0 Å². The lowest BCUT2D eigenvalue weighted by atomic mass is 9.69. The number of nitrogens with one attached hydrogen (secondary N) is 1. The van der Waals surface area contributed by atoms with E-state index in [9.17, 15) is 5.26 Å². The molecule has 35 heavy (non-hydrogen) atoms. The summed E-state index contributed by atoms with van der Waals surface area (Å²) in [5, 5.41) is 13.8. The third kappa shape index (κ3) is 6.32. The number of rotatable bonds is 14. The summed E-state index contributed by atoms with van der Waals surface area (Å²) in [5.41, 5.74) is 1.32. The SMILES string of the molecule is CNC(CCCCC(C#N)(c1cc(OC)c(OC)c(OC)c1)C(C)C)c1cc(OC)cc(OC)c1. The van der Waals surface area contributed by atoms with Crippen molar-refractivity contribution in [1.29, 1.82) is 5.26 Å². The molecule has 0 bridgehead atoms. The molecule has 0 spiro atoms. The first-order valence-electron chi connectivity index (χ1n) is 12.0. The second kappa shape index (κ2) is 13.1. The Bertz CT molecular complexity index is 954. The Hall–Kier alpha value is -3.11. The third-order valence-corrected chi connectivity index (χ3v) is 6.80. The van der Waals surface area contributed by atoms with Gasteiger partial charge in [0.1, 0.15) is 11.5 Å². The number of nitrogens with zero attached hydrogens (tertiary/aromatic N) is 1. The predicted molar refractivity (Wildman–Crippen MR) is 138 cm³/mol. The lowest BCUT2D eigenvalue weighted by Crippen LogP contribution is -2.31. The average Bonchev–Trinajstić information content (AvgIpc) is 2.89. The van der Waals surface area contributed by atoms with Gasteiger partial charge in [0.15, 0.2) is 11.5 Å². The molecule has 0 amide bonds. The first-order chi connectivity index (χ1) is 16.8. The van der Waals surface area contributed by atoms with Crippen molar-refractivity contribution in [1.82, 2.24) is 5.32 Å². The molecule has 0 aromatic heterocycles. The van der Waals surface area contributed by atoms with Gasteiger partial charge in [0, 0.05) is 12.1 Å². The van der Waals surface area contributed by atoms with Crippen molar-refractivity contribution < 1.29 is 23.7 Å². The van der Waals surface area contributed by atoms with Gasteiger partial charge in [0.05, 0.1) is 47.0 Å². The van der Waals surface area contributed by atoms with Crippen molar-refractivity contribution in [2.75, 3.05) is 42.6 Å². The molecule has 2 aromatic carbocycles. The molecule has 2 rings (SSSR count). The van der Waals surface area contributed by atoms with Crippen LogP contribution < -0.4 is 29.0 Å².